The van der Waals surface area contributed by atoms with Crippen molar-refractivity contribution in [3.05, 3.63) is 57.8 Å². The predicted molar refractivity (Wildman–Crippen MR) is 107 cm³/mol. The number of carbonyl (C=O) groups excluding carboxylic acids is 1. The Morgan fingerprint density at radius 2 is 1.79 bits per heavy atom. The summed E-state index contributed by atoms with van der Waals surface area (Å²) >= 11 is 0. The minimum Gasteiger partial charge on any atom is -0.455 e. The maximum atomic E-state index is 12.8. The van der Waals surface area contributed by atoms with E-state index in [-0.39, 0.29) is 16.4 Å². The largest absolute Gasteiger partial charge is 0.455 e. The van der Waals surface area contributed by atoms with Gasteiger partial charge in [-0.25, -0.2) is 13.2 Å². The molecule has 3 aromatic rings. The Balaban J connectivity index is 1.61. The standard InChI is InChI=1S/C20H20N2O6S/c1-12-9-19(23)28-16-10-14(5-6-15(12)16)21-20(24)17-11-18(13(2)27-17)29(25,26)22-7-3-4-8-22/h5-6,9-11H,3-4,7-8H2,1-2H3,(H,21,24). The fraction of sp³-hybridized carbons (Fsp3) is 0.300. The Morgan fingerprint density at radius 1 is 1.07 bits per heavy atom. The number of aryl methyl sites for hydroxylation is 2. The quantitative estimate of drug-likeness (QED) is 0.655. The van der Waals surface area contributed by atoms with Crippen LogP contribution in [0.1, 0.15) is 34.7 Å². The van der Waals surface area contributed by atoms with Crippen LogP contribution in [-0.4, -0.2) is 31.7 Å². The predicted octanol–water partition coefficient (Wildman–Crippen LogP) is 3.04. The molecule has 3 heterocycles. The van der Waals surface area contributed by atoms with E-state index in [1.807, 2.05) is 0 Å². The molecule has 1 aliphatic heterocycles. The summed E-state index contributed by atoms with van der Waals surface area (Å²) in [6, 6.07) is 7.60. The first-order chi connectivity index (χ1) is 13.8. The number of amides is 1. The molecule has 152 valence electrons. The van der Waals surface area contributed by atoms with Gasteiger partial charge in [-0.15, -0.1) is 0 Å². The third-order valence-electron chi connectivity index (χ3n) is 4.99. The fourth-order valence-electron chi connectivity index (χ4n) is 3.50. The average molecular weight is 416 g/mol. The van der Waals surface area contributed by atoms with Crippen molar-refractivity contribution >= 4 is 32.6 Å². The molecule has 2 aromatic heterocycles. The van der Waals surface area contributed by atoms with Gasteiger partial charge < -0.3 is 14.2 Å². The van der Waals surface area contributed by atoms with E-state index in [0.29, 0.717) is 24.4 Å². The van der Waals surface area contributed by atoms with E-state index in [1.54, 1.807) is 25.1 Å². The van der Waals surface area contributed by atoms with Crippen LogP contribution >= 0.6 is 0 Å². The van der Waals surface area contributed by atoms with E-state index < -0.39 is 21.6 Å². The van der Waals surface area contributed by atoms with Gasteiger partial charge in [0.05, 0.1) is 0 Å². The van der Waals surface area contributed by atoms with Crippen molar-refractivity contribution in [2.75, 3.05) is 18.4 Å². The Bertz CT molecular complexity index is 1270. The highest BCUT2D eigenvalue weighted by Gasteiger charge is 2.31. The van der Waals surface area contributed by atoms with Crippen molar-refractivity contribution in [3.63, 3.8) is 0 Å². The molecule has 0 aliphatic carbocycles. The molecular weight excluding hydrogens is 396 g/mol. The van der Waals surface area contributed by atoms with E-state index in [1.165, 1.54) is 23.4 Å². The summed E-state index contributed by atoms with van der Waals surface area (Å²) < 4.78 is 37.5. The molecule has 9 heteroatoms. The third-order valence-corrected chi connectivity index (χ3v) is 6.99. The van der Waals surface area contributed by atoms with Crippen LogP contribution in [0.25, 0.3) is 11.0 Å². The summed E-state index contributed by atoms with van der Waals surface area (Å²) in [4.78, 5) is 24.2. The monoisotopic (exact) mass is 416 g/mol. The Labute approximate surface area is 167 Å². The second-order valence-corrected chi connectivity index (χ2v) is 8.96. The summed E-state index contributed by atoms with van der Waals surface area (Å²) in [5.74, 6) is -0.529. The maximum absolute atomic E-state index is 12.8. The zero-order chi connectivity index (χ0) is 20.8. The summed E-state index contributed by atoms with van der Waals surface area (Å²) in [5.41, 5.74) is 1.04. The number of rotatable bonds is 4. The maximum Gasteiger partial charge on any atom is 0.336 e. The van der Waals surface area contributed by atoms with Gasteiger partial charge in [-0.3, -0.25) is 4.79 Å². The second-order valence-electron chi connectivity index (χ2n) is 7.06. The summed E-state index contributed by atoms with van der Waals surface area (Å²) in [6.07, 6.45) is 1.64. The van der Waals surface area contributed by atoms with Crippen molar-refractivity contribution in [2.24, 2.45) is 0 Å². The third kappa shape index (κ3) is 3.58. The molecule has 1 aromatic carbocycles. The molecule has 29 heavy (non-hydrogen) atoms. The number of furan rings is 1. The Hall–Kier alpha value is -2.91. The molecule has 0 saturated carbocycles. The van der Waals surface area contributed by atoms with Gasteiger partial charge in [0.25, 0.3) is 5.91 Å². The second kappa shape index (κ2) is 7.16. The lowest BCUT2D eigenvalue weighted by atomic mass is 10.1. The smallest absolute Gasteiger partial charge is 0.336 e. The van der Waals surface area contributed by atoms with Gasteiger partial charge in [-0.1, -0.05) is 0 Å². The lowest BCUT2D eigenvalue weighted by Gasteiger charge is -2.14. The molecule has 1 fully saturated rings. The van der Waals surface area contributed by atoms with E-state index in [0.717, 1.165) is 23.8 Å². The Kier molecular flexibility index (Phi) is 4.79. The van der Waals surface area contributed by atoms with E-state index in [4.69, 9.17) is 8.83 Å². The van der Waals surface area contributed by atoms with Crippen LogP contribution in [0.3, 0.4) is 0 Å². The number of carbonyl (C=O) groups is 1. The van der Waals surface area contributed by atoms with Gasteiger partial charge in [0.1, 0.15) is 16.2 Å². The van der Waals surface area contributed by atoms with Crippen LogP contribution in [0.4, 0.5) is 5.69 Å². The minimum absolute atomic E-state index is 0.00434. The molecule has 4 rings (SSSR count). The molecule has 0 atom stereocenters. The van der Waals surface area contributed by atoms with Crippen LogP contribution in [-0.2, 0) is 10.0 Å². The highest BCUT2D eigenvalue weighted by Crippen LogP contribution is 2.27. The minimum atomic E-state index is -3.68. The molecule has 1 saturated heterocycles. The van der Waals surface area contributed by atoms with Crippen LogP contribution in [0.5, 0.6) is 0 Å². The first-order valence-electron chi connectivity index (χ1n) is 9.22. The zero-order valence-corrected chi connectivity index (χ0v) is 16.8. The van der Waals surface area contributed by atoms with Gasteiger partial charge in [0.2, 0.25) is 10.0 Å². The summed E-state index contributed by atoms with van der Waals surface area (Å²) in [6.45, 7) is 4.26. The molecule has 0 unspecified atom stereocenters. The van der Waals surface area contributed by atoms with Gasteiger partial charge >= 0.3 is 5.63 Å². The number of anilines is 1. The van der Waals surface area contributed by atoms with Crippen molar-refractivity contribution in [1.82, 2.24) is 4.31 Å². The number of fused-ring (bicyclic) bond motifs is 1. The summed E-state index contributed by atoms with van der Waals surface area (Å²) in [7, 11) is -3.68. The van der Waals surface area contributed by atoms with E-state index in [9.17, 15) is 18.0 Å². The SMILES string of the molecule is Cc1oc(C(=O)Nc2ccc3c(C)cc(=O)oc3c2)cc1S(=O)(=O)N1CCCC1. The highest BCUT2D eigenvalue weighted by atomic mass is 32.2. The van der Waals surface area contributed by atoms with Crippen LogP contribution in [0.15, 0.2) is 48.9 Å². The molecule has 0 spiro atoms. The molecular formula is C20H20N2O6S. The van der Waals surface area contributed by atoms with Gasteiger partial charge in [0, 0.05) is 42.4 Å². The van der Waals surface area contributed by atoms with Crippen LogP contribution in [0, 0.1) is 13.8 Å². The molecule has 0 radical (unpaired) electrons. The number of benzene rings is 1. The van der Waals surface area contributed by atoms with Gasteiger partial charge in [-0.05, 0) is 44.4 Å². The number of hydrogen-bond donors (Lipinski definition) is 1. The number of nitrogens with zero attached hydrogens (tertiary/aromatic N) is 1. The molecule has 8 nitrogen and oxygen atoms in total. The number of sulfonamides is 1. The zero-order valence-electron chi connectivity index (χ0n) is 16.0. The van der Waals surface area contributed by atoms with Crippen molar-refractivity contribution in [2.45, 2.75) is 31.6 Å². The van der Waals surface area contributed by atoms with Gasteiger partial charge in [-0.2, -0.15) is 4.31 Å². The molecule has 1 amide bonds. The summed E-state index contributed by atoms with van der Waals surface area (Å²) in [5, 5.41) is 3.41. The van der Waals surface area contributed by atoms with Gasteiger partial charge in [0.15, 0.2) is 5.76 Å². The first kappa shape index (κ1) is 19.4. The van der Waals surface area contributed by atoms with E-state index >= 15 is 0 Å². The van der Waals surface area contributed by atoms with Crippen LogP contribution in [0.2, 0.25) is 0 Å². The molecule has 0 bridgehead atoms. The fourth-order valence-corrected chi connectivity index (χ4v) is 5.17. The average Bonchev–Trinajstić information content (AvgIpc) is 3.31. The molecule has 1 N–H and O–H groups in total. The Morgan fingerprint density at radius 3 is 2.52 bits per heavy atom. The topological polar surface area (TPSA) is 110 Å². The van der Waals surface area contributed by atoms with Crippen LogP contribution < -0.4 is 10.9 Å². The highest BCUT2D eigenvalue weighted by molar-refractivity contribution is 7.89. The van der Waals surface area contributed by atoms with Crippen molar-refractivity contribution in [1.29, 1.82) is 0 Å². The van der Waals surface area contributed by atoms with Crippen molar-refractivity contribution in [3.8, 4) is 0 Å². The first-order valence-corrected chi connectivity index (χ1v) is 10.7. The van der Waals surface area contributed by atoms with Crippen molar-refractivity contribution < 1.29 is 22.0 Å². The van der Waals surface area contributed by atoms with E-state index in [2.05, 4.69) is 5.32 Å². The number of nitrogens with one attached hydrogen (secondary N) is 1. The molecule has 1 aliphatic rings. The number of hydrogen-bond acceptors (Lipinski definition) is 6. The lowest BCUT2D eigenvalue weighted by Crippen LogP contribution is -2.28. The normalized spacial score (nSPS) is 15.1. The lowest BCUT2D eigenvalue weighted by molar-refractivity contribution is 0.0995.